The molecule has 4 heteroatoms. The Hall–Kier alpha value is -1.58. The Morgan fingerprint density at radius 3 is 2.30 bits per heavy atom. The predicted molar refractivity (Wildman–Crippen MR) is 77.2 cm³/mol. The van der Waals surface area contributed by atoms with Crippen molar-refractivity contribution in [3.05, 3.63) is 24.2 Å². The van der Waals surface area contributed by atoms with Gasteiger partial charge in [0.15, 0.2) is 5.65 Å². The van der Waals surface area contributed by atoms with Gasteiger partial charge in [0.2, 0.25) is 0 Å². The van der Waals surface area contributed by atoms with Crippen LogP contribution in [0.4, 0.5) is 5.69 Å². The van der Waals surface area contributed by atoms with Crippen molar-refractivity contribution in [1.82, 2.24) is 14.6 Å². The second-order valence-corrected chi connectivity index (χ2v) is 7.41. The fraction of sp³-hybridized carbons (Fsp3) is 0.625. The van der Waals surface area contributed by atoms with Crippen LogP contribution in [0.1, 0.15) is 44.3 Å². The largest absolute Gasteiger partial charge is 0.398 e. The van der Waals surface area contributed by atoms with E-state index in [1.54, 1.807) is 0 Å². The normalized spacial score (nSPS) is 38.7. The third-order valence-electron chi connectivity index (χ3n) is 5.94. The van der Waals surface area contributed by atoms with E-state index >= 15 is 0 Å². The number of nitrogen functional groups attached to an aromatic ring is 1. The van der Waals surface area contributed by atoms with Crippen LogP contribution in [0.25, 0.3) is 5.65 Å². The number of nitrogens with two attached hydrogens (primary N) is 1. The van der Waals surface area contributed by atoms with E-state index in [-0.39, 0.29) is 5.41 Å². The number of pyridine rings is 1. The Kier molecular flexibility index (Phi) is 1.97. The molecule has 104 valence electrons. The zero-order valence-corrected chi connectivity index (χ0v) is 11.6. The van der Waals surface area contributed by atoms with Crippen LogP contribution >= 0.6 is 0 Å². The summed E-state index contributed by atoms with van der Waals surface area (Å²) >= 11 is 0. The molecule has 0 radical (unpaired) electrons. The zero-order chi connectivity index (χ0) is 13.3. The van der Waals surface area contributed by atoms with Crippen molar-refractivity contribution in [2.24, 2.45) is 17.8 Å². The molecule has 4 aliphatic carbocycles. The van der Waals surface area contributed by atoms with Crippen molar-refractivity contribution >= 4 is 11.3 Å². The number of fused-ring (bicyclic) bond motifs is 1. The van der Waals surface area contributed by atoms with E-state index in [2.05, 4.69) is 14.6 Å². The zero-order valence-electron chi connectivity index (χ0n) is 11.6. The summed E-state index contributed by atoms with van der Waals surface area (Å²) in [6.45, 7) is 0. The van der Waals surface area contributed by atoms with Gasteiger partial charge in [-0.1, -0.05) is 0 Å². The fourth-order valence-corrected chi connectivity index (χ4v) is 5.65. The van der Waals surface area contributed by atoms with Crippen molar-refractivity contribution < 1.29 is 0 Å². The van der Waals surface area contributed by atoms with Crippen molar-refractivity contribution in [3.63, 3.8) is 0 Å². The van der Waals surface area contributed by atoms with Crippen molar-refractivity contribution in [1.29, 1.82) is 0 Å². The van der Waals surface area contributed by atoms with Gasteiger partial charge in [0.1, 0.15) is 5.82 Å². The molecule has 4 bridgehead atoms. The molecule has 0 spiro atoms. The molecule has 0 aliphatic heterocycles. The Morgan fingerprint density at radius 1 is 1.00 bits per heavy atom. The summed E-state index contributed by atoms with van der Waals surface area (Å²) in [5, 5.41) is 8.96. The van der Waals surface area contributed by atoms with E-state index in [0.29, 0.717) is 0 Å². The van der Waals surface area contributed by atoms with Crippen molar-refractivity contribution in [2.75, 3.05) is 5.73 Å². The van der Waals surface area contributed by atoms with Crippen LogP contribution in [-0.2, 0) is 5.41 Å². The van der Waals surface area contributed by atoms with Crippen LogP contribution < -0.4 is 5.73 Å². The highest BCUT2D eigenvalue weighted by molar-refractivity contribution is 5.48. The van der Waals surface area contributed by atoms with Crippen LogP contribution in [-0.4, -0.2) is 14.6 Å². The number of hydrogen-bond donors (Lipinski definition) is 1. The Balaban J connectivity index is 1.69. The lowest BCUT2D eigenvalue weighted by Gasteiger charge is -2.55. The molecular weight excluding hydrogens is 248 g/mol. The maximum absolute atomic E-state index is 5.97. The molecule has 20 heavy (non-hydrogen) atoms. The minimum atomic E-state index is 0.280. The van der Waals surface area contributed by atoms with E-state index in [4.69, 9.17) is 5.73 Å². The molecule has 0 amide bonds. The van der Waals surface area contributed by atoms with Crippen LogP contribution in [0.15, 0.2) is 18.3 Å². The third kappa shape index (κ3) is 1.37. The summed E-state index contributed by atoms with van der Waals surface area (Å²) in [5.74, 6) is 3.96. The van der Waals surface area contributed by atoms with Crippen molar-refractivity contribution in [3.8, 4) is 0 Å². The molecule has 0 aromatic carbocycles. The summed E-state index contributed by atoms with van der Waals surface area (Å²) in [4.78, 5) is 0. The number of rotatable bonds is 1. The predicted octanol–water partition coefficient (Wildman–Crippen LogP) is 2.78. The first-order valence-corrected chi connectivity index (χ1v) is 7.83. The van der Waals surface area contributed by atoms with E-state index in [0.717, 1.165) is 29.1 Å². The number of anilines is 1. The Labute approximate surface area is 118 Å². The van der Waals surface area contributed by atoms with Gasteiger partial charge in [-0.05, 0) is 68.4 Å². The topological polar surface area (TPSA) is 56.2 Å². The molecule has 2 aromatic heterocycles. The average molecular weight is 268 g/mol. The van der Waals surface area contributed by atoms with E-state index in [9.17, 15) is 0 Å². The summed E-state index contributed by atoms with van der Waals surface area (Å²) < 4.78 is 2.16. The van der Waals surface area contributed by atoms with Gasteiger partial charge in [0.05, 0.1) is 0 Å². The molecule has 4 aliphatic rings. The van der Waals surface area contributed by atoms with Gasteiger partial charge in [-0.2, -0.15) is 0 Å². The van der Waals surface area contributed by atoms with Gasteiger partial charge >= 0.3 is 0 Å². The van der Waals surface area contributed by atoms with E-state index in [1.165, 1.54) is 44.3 Å². The highest BCUT2D eigenvalue weighted by Gasteiger charge is 2.53. The molecule has 0 saturated heterocycles. The second-order valence-electron chi connectivity index (χ2n) is 7.41. The molecule has 4 nitrogen and oxygen atoms in total. The van der Waals surface area contributed by atoms with E-state index in [1.807, 2.05) is 18.3 Å². The number of nitrogens with zero attached hydrogens (tertiary/aromatic N) is 3. The molecule has 0 atom stereocenters. The lowest BCUT2D eigenvalue weighted by molar-refractivity contribution is -0.00983. The standard InChI is InChI=1S/C16H20N4/c17-13-1-2-14-18-19-15(20(14)9-13)16-6-10-3-11(7-16)5-12(4-10)8-16/h1-2,9-12H,3-8,17H2. The molecule has 4 fully saturated rings. The smallest absolute Gasteiger partial charge is 0.160 e. The van der Waals surface area contributed by atoms with Crippen LogP contribution in [0.5, 0.6) is 0 Å². The Morgan fingerprint density at radius 2 is 1.65 bits per heavy atom. The first-order valence-electron chi connectivity index (χ1n) is 7.83. The van der Waals surface area contributed by atoms with Gasteiger partial charge in [-0.15, -0.1) is 10.2 Å². The number of hydrogen-bond acceptors (Lipinski definition) is 3. The molecule has 4 saturated carbocycles. The molecule has 2 aromatic rings. The van der Waals surface area contributed by atoms with Crippen LogP contribution in [0.3, 0.4) is 0 Å². The molecule has 2 N–H and O–H groups in total. The lowest BCUT2D eigenvalue weighted by Crippen LogP contribution is -2.49. The highest BCUT2D eigenvalue weighted by Crippen LogP contribution is 2.60. The van der Waals surface area contributed by atoms with Crippen LogP contribution in [0.2, 0.25) is 0 Å². The Bertz CT molecular complexity index is 652. The SMILES string of the molecule is Nc1ccc2nnc(C34CC5CC(CC(C5)C3)C4)n2c1. The fourth-order valence-electron chi connectivity index (χ4n) is 5.65. The van der Waals surface area contributed by atoms with Crippen molar-refractivity contribution in [2.45, 2.75) is 43.9 Å². The van der Waals surface area contributed by atoms with E-state index < -0.39 is 0 Å². The maximum Gasteiger partial charge on any atom is 0.160 e. The van der Waals surface area contributed by atoms with Gasteiger partial charge in [0.25, 0.3) is 0 Å². The number of aromatic nitrogens is 3. The first kappa shape index (κ1) is 11.1. The summed E-state index contributed by atoms with van der Waals surface area (Å²) in [6, 6.07) is 3.89. The quantitative estimate of drug-likeness (QED) is 0.865. The molecular formula is C16H20N4. The van der Waals surface area contributed by atoms with Gasteiger partial charge in [-0.25, -0.2) is 0 Å². The third-order valence-corrected chi connectivity index (χ3v) is 5.94. The van der Waals surface area contributed by atoms with Crippen LogP contribution in [0, 0.1) is 17.8 Å². The summed E-state index contributed by atoms with van der Waals surface area (Å²) in [7, 11) is 0. The highest BCUT2D eigenvalue weighted by atomic mass is 15.3. The average Bonchev–Trinajstić information content (AvgIpc) is 2.80. The molecule has 6 rings (SSSR count). The monoisotopic (exact) mass is 268 g/mol. The van der Waals surface area contributed by atoms with Gasteiger partial charge in [-0.3, -0.25) is 4.40 Å². The molecule has 0 unspecified atom stereocenters. The first-order chi connectivity index (χ1) is 9.72. The summed E-state index contributed by atoms with van der Waals surface area (Å²) in [5.41, 5.74) is 7.98. The van der Waals surface area contributed by atoms with Gasteiger partial charge < -0.3 is 5.73 Å². The van der Waals surface area contributed by atoms with Gasteiger partial charge in [0, 0.05) is 17.3 Å². The minimum absolute atomic E-state index is 0.280. The summed E-state index contributed by atoms with van der Waals surface area (Å²) in [6.07, 6.45) is 10.3. The second kappa shape index (κ2) is 3.54. The lowest BCUT2D eigenvalue weighted by atomic mass is 9.49. The molecule has 2 heterocycles. The minimum Gasteiger partial charge on any atom is -0.398 e. The maximum atomic E-state index is 5.97.